The predicted octanol–water partition coefficient (Wildman–Crippen LogP) is 0.868. The molecule has 1 aliphatic rings. The van der Waals surface area contributed by atoms with Gasteiger partial charge in [0.05, 0.1) is 12.2 Å². The van der Waals surface area contributed by atoms with Gasteiger partial charge >= 0.3 is 0 Å². The molecule has 13 heavy (non-hydrogen) atoms. The minimum atomic E-state index is -0.441. The second-order valence-corrected chi connectivity index (χ2v) is 4.34. The van der Waals surface area contributed by atoms with Crippen LogP contribution in [0.25, 0.3) is 0 Å². The summed E-state index contributed by atoms with van der Waals surface area (Å²) < 4.78 is 5.10. The maximum absolute atomic E-state index is 9.75. The van der Waals surface area contributed by atoms with E-state index in [-0.39, 0.29) is 0 Å². The zero-order chi connectivity index (χ0) is 9.90. The van der Waals surface area contributed by atoms with E-state index in [1.807, 2.05) is 6.92 Å². The molecule has 0 saturated carbocycles. The number of nitrogens with zero attached hydrogens (tertiary/aromatic N) is 1. The average molecular weight is 187 g/mol. The van der Waals surface area contributed by atoms with E-state index in [2.05, 4.69) is 11.8 Å². The molecule has 0 bridgehead atoms. The van der Waals surface area contributed by atoms with Gasteiger partial charge in [-0.15, -0.1) is 0 Å². The lowest BCUT2D eigenvalue weighted by Crippen LogP contribution is -2.47. The van der Waals surface area contributed by atoms with Crippen molar-refractivity contribution in [3.05, 3.63) is 0 Å². The molecular formula is C10H21NO2. The third-order valence-corrected chi connectivity index (χ3v) is 2.91. The van der Waals surface area contributed by atoms with Crippen molar-refractivity contribution in [3.8, 4) is 0 Å². The Labute approximate surface area is 80.7 Å². The Balaban J connectivity index is 2.32. The molecule has 1 heterocycles. The normalized spacial score (nSPS) is 25.8. The summed E-state index contributed by atoms with van der Waals surface area (Å²) in [6.07, 6.45) is 1.75. The van der Waals surface area contributed by atoms with Crippen molar-refractivity contribution in [1.82, 2.24) is 4.90 Å². The zero-order valence-corrected chi connectivity index (χ0v) is 8.92. The summed E-state index contributed by atoms with van der Waals surface area (Å²) in [7, 11) is 1.73. The Morgan fingerprint density at radius 1 is 1.46 bits per heavy atom. The molecule has 0 aliphatic carbocycles. The van der Waals surface area contributed by atoms with E-state index in [0.29, 0.717) is 6.04 Å². The molecule has 1 fully saturated rings. The Bertz CT molecular complexity index is 149. The van der Waals surface area contributed by atoms with E-state index in [0.717, 1.165) is 32.5 Å². The third-order valence-electron chi connectivity index (χ3n) is 2.91. The molecule has 0 aromatic rings. The van der Waals surface area contributed by atoms with E-state index in [4.69, 9.17) is 4.74 Å². The topological polar surface area (TPSA) is 32.7 Å². The zero-order valence-electron chi connectivity index (χ0n) is 8.92. The SMILES string of the molecule is COCC(C)N1CCC(C)(O)CC1. The molecule has 0 radical (unpaired) electrons. The summed E-state index contributed by atoms with van der Waals surface area (Å²) >= 11 is 0. The molecule has 1 rings (SSSR count). The van der Waals surface area contributed by atoms with Gasteiger partial charge in [0.2, 0.25) is 0 Å². The summed E-state index contributed by atoms with van der Waals surface area (Å²) in [5, 5.41) is 9.75. The van der Waals surface area contributed by atoms with Crippen molar-refractivity contribution in [2.75, 3.05) is 26.8 Å². The Kier molecular flexibility index (Phi) is 3.71. The van der Waals surface area contributed by atoms with E-state index in [9.17, 15) is 5.11 Å². The van der Waals surface area contributed by atoms with Crippen LogP contribution >= 0.6 is 0 Å². The van der Waals surface area contributed by atoms with Gasteiger partial charge in [-0.05, 0) is 26.7 Å². The molecule has 3 heteroatoms. The van der Waals surface area contributed by atoms with Crippen LogP contribution in [-0.2, 0) is 4.74 Å². The summed E-state index contributed by atoms with van der Waals surface area (Å²) in [4.78, 5) is 2.38. The minimum Gasteiger partial charge on any atom is -0.390 e. The van der Waals surface area contributed by atoms with Crippen LogP contribution in [-0.4, -0.2) is 48.5 Å². The molecule has 0 spiro atoms. The summed E-state index contributed by atoms with van der Waals surface area (Å²) in [6, 6.07) is 0.473. The van der Waals surface area contributed by atoms with Gasteiger partial charge in [-0.2, -0.15) is 0 Å². The van der Waals surface area contributed by atoms with Gasteiger partial charge in [0, 0.05) is 26.2 Å². The first-order valence-electron chi connectivity index (χ1n) is 5.00. The van der Waals surface area contributed by atoms with E-state index in [1.165, 1.54) is 0 Å². The van der Waals surface area contributed by atoms with Crippen LogP contribution in [0, 0.1) is 0 Å². The molecule has 0 aromatic heterocycles. The lowest BCUT2D eigenvalue weighted by atomic mass is 9.93. The van der Waals surface area contributed by atoms with Crippen molar-refractivity contribution >= 4 is 0 Å². The second kappa shape index (κ2) is 4.40. The molecule has 1 saturated heterocycles. The number of rotatable bonds is 3. The summed E-state index contributed by atoms with van der Waals surface area (Å²) in [5.41, 5.74) is -0.441. The predicted molar refractivity (Wildman–Crippen MR) is 52.8 cm³/mol. The second-order valence-electron chi connectivity index (χ2n) is 4.34. The molecule has 1 atom stereocenters. The van der Waals surface area contributed by atoms with Gasteiger partial charge < -0.3 is 9.84 Å². The third kappa shape index (κ3) is 3.25. The van der Waals surface area contributed by atoms with E-state index in [1.54, 1.807) is 7.11 Å². The van der Waals surface area contributed by atoms with Gasteiger partial charge in [-0.25, -0.2) is 0 Å². The van der Waals surface area contributed by atoms with Crippen LogP contribution in [0.3, 0.4) is 0 Å². The number of methoxy groups -OCH3 is 1. The number of hydrogen-bond acceptors (Lipinski definition) is 3. The van der Waals surface area contributed by atoms with Crippen LogP contribution in [0.1, 0.15) is 26.7 Å². The minimum absolute atomic E-state index is 0.441. The van der Waals surface area contributed by atoms with Gasteiger partial charge in [-0.1, -0.05) is 0 Å². The van der Waals surface area contributed by atoms with Crippen molar-refractivity contribution in [2.45, 2.75) is 38.3 Å². The highest BCUT2D eigenvalue weighted by Gasteiger charge is 2.29. The van der Waals surface area contributed by atoms with Crippen LogP contribution in [0.5, 0.6) is 0 Å². The van der Waals surface area contributed by atoms with Crippen molar-refractivity contribution in [1.29, 1.82) is 0 Å². The van der Waals surface area contributed by atoms with Crippen LogP contribution in [0.15, 0.2) is 0 Å². The van der Waals surface area contributed by atoms with Crippen LogP contribution < -0.4 is 0 Å². The lowest BCUT2D eigenvalue weighted by molar-refractivity contribution is -0.0236. The number of hydrogen-bond donors (Lipinski definition) is 1. The Hall–Kier alpha value is -0.120. The first-order valence-corrected chi connectivity index (χ1v) is 5.00. The molecule has 1 N–H and O–H groups in total. The van der Waals surface area contributed by atoms with E-state index >= 15 is 0 Å². The highest BCUT2D eigenvalue weighted by atomic mass is 16.5. The van der Waals surface area contributed by atoms with Gasteiger partial charge in [0.1, 0.15) is 0 Å². The van der Waals surface area contributed by atoms with Crippen molar-refractivity contribution < 1.29 is 9.84 Å². The lowest BCUT2D eigenvalue weighted by Gasteiger charge is -2.38. The highest BCUT2D eigenvalue weighted by molar-refractivity contribution is 4.83. The van der Waals surface area contributed by atoms with Gasteiger partial charge in [-0.3, -0.25) is 4.90 Å². The summed E-state index contributed by atoms with van der Waals surface area (Å²) in [5.74, 6) is 0. The first kappa shape index (κ1) is 11.0. The summed E-state index contributed by atoms with van der Waals surface area (Å²) in [6.45, 7) is 6.84. The Morgan fingerprint density at radius 3 is 2.46 bits per heavy atom. The molecule has 0 aromatic carbocycles. The molecule has 0 amide bonds. The molecular weight excluding hydrogens is 166 g/mol. The van der Waals surface area contributed by atoms with Gasteiger partial charge in [0.15, 0.2) is 0 Å². The largest absolute Gasteiger partial charge is 0.390 e. The first-order chi connectivity index (χ1) is 6.05. The van der Waals surface area contributed by atoms with Crippen LogP contribution in [0.2, 0.25) is 0 Å². The molecule has 1 unspecified atom stereocenters. The number of likely N-dealkylation sites (tertiary alicyclic amines) is 1. The van der Waals surface area contributed by atoms with E-state index < -0.39 is 5.60 Å². The smallest absolute Gasteiger partial charge is 0.0644 e. The standard InChI is InChI=1S/C10H21NO2/c1-9(8-13-3)11-6-4-10(2,12)5-7-11/h9,12H,4-8H2,1-3H3. The average Bonchev–Trinajstić information content (AvgIpc) is 2.04. The fraction of sp³-hybridized carbons (Fsp3) is 1.00. The Morgan fingerprint density at radius 2 is 2.00 bits per heavy atom. The monoisotopic (exact) mass is 187 g/mol. The quantitative estimate of drug-likeness (QED) is 0.711. The van der Waals surface area contributed by atoms with Crippen LogP contribution in [0.4, 0.5) is 0 Å². The van der Waals surface area contributed by atoms with Gasteiger partial charge in [0.25, 0.3) is 0 Å². The van der Waals surface area contributed by atoms with Crippen molar-refractivity contribution in [2.24, 2.45) is 0 Å². The molecule has 3 nitrogen and oxygen atoms in total. The number of ether oxygens (including phenoxy) is 1. The fourth-order valence-corrected chi connectivity index (χ4v) is 1.79. The van der Waals surface area contributed by atoms with Crippen molar-refractivity contribution in [3.63, 3.8) is 0 Å². The number of piperidine rings is 1. The molecule has 1 aliphatic heterocycles. The maximum atomic E-state index is 9.75. The highest BCUT2D eigenvalue weighted by Crippen LogP contribution is 2.22. The fourth-order valence-electron chi connectivity index (χ4n) is 1.79. The maximum Gasteiger partial charge on any atom is 0.0644 e. The number of aliphatic hydroxyl groups is 1. The molecule has 78 valence electrons.